The molecule has 6 nitrogen and oxygen atoms in total. The Labute approximate surface area is 136 Å². The minimum absolute atomic E-state index is 0.0797. The fourth-order valence-electron chi connectivity index (χ4n) is 1.63. The number of nitrogens with zero attached hydrogens (tertiary/aromatic N) is 4. The molecule has 1 aliphatic rings. The summed E-state index contributed by atoms with van der Waals surface area (Å²) in [5.74, 6) is 1.29. The number of anilines is 2. The normalized spacial score (nSPS) is 16.3. The van der Waals surface area contributed by atoms with Crippen LogP contribution in [0.25, 0.3) is 0 Å². The number of hydrogen-bond acceptors (Lipinski definition) is 6. The molecule has 112 valence electrons. The fourth-order valence-corrected chi connectivity index (χ4v) is 1.98. The Morgan fingerprint density at radius 2 is 1.85 bits per heavy atom. The topological polar surface area (TPSA) is 63.2 Å². The highest BCUT2D eigenvalue weighted by atomic mass is 35.6. The number of aromatic nitrogens is 3. The van der Waals surface area contributed by atoms with Crippen LogP contribution in [0.15, 0.2) is 0 Å². The summed E-state index contributed by atoms with van der Waals surface area (Å²) in [6.07, 6.45) is 0. The zero-order valence-corrected chi connectivity index (χ0v) is 13.5. The van der Waals surface area contributed by atoms with Crippen molar-refractivity contribution >= 4 is 58.3 Å². The molecule has 0 unspecified atom stereocenters. The van der Waals surface area contributed by atoms with Crippen molar-refractivity contribution in [3.05, 3.63) is 5.82 Å². The number of ether oxygens (including phenoxy) is 1. The molecular weight excluding hydrogens is 348 g/mol. The van der Waals surface area contributed by atoms with Gasteiger partial charge in [-0.2, -0.15) is 15.0 Å². The van der Waals surface area contributed by atoms with E-state index in [0.717, 1.165) is 0 Å². The molecule has 1 aromatic rings. The summed E-state index contributed by atoms with van der Waals surface area (Å²) < 4.78 is 3.58. The molecule has 1 aliphatic heterocycles. The van der Waals surface area contributed by atoms with Crippen LogP contribution >= 0.6 is 46.4 Å². The molecule has 0 spiro atoms. The first-order valence-corrected chi connectivity index (χ1v) is 7.63. The summed E-state index contributed by atoms with van der Waals surface area (Å²) in [4.78, 5) is 14.6. The second-order valence-corrected chi connectivity index (χ2v) is 6.65. The van der Waals surface area contributed by atoms with Crippen LogP contribution in [0, 0.1) is 0 Å². The zero-order valence-electron chi connectivity index (χ0n) is 10.5. The van der Waals surface area contributed by atoms with Gasteiger partial charge >= 0.3 is 0 Å². The molecule has 10 heteroatoms. The summed E-state index contributed by atoms with van der Waals surface area (Å²) in [6.45, 7) is 3.09. The maximum Gasteiger partial charge on any atom is 0.250 e. The van der Waals surface area contributed by atoms with E-state index in [2.05, 4.69) is 20.3 Å². The van der Waals surface area contributed by atoms with Gasteiger partial charge < -0.3 is 15.0 Å². The highest BCUT2D eigenvalue weighted by molar-refractivity contribution is 6.66. The third-order valence-electron chi connectivity index (χ3n) is 2.55. The second kappa shape index (κ2) is 7.13. The molecule has 2 rings (SSSR count). The minimum atomic E-state index is -1.71. The van der Waals surface area contributed by atoms with Gasteiger partial charge in [-0.25, -0.2) is 0 Å². The Balaban J connectivity index is 2.29. The van der Waals surface area contributed by atoms with Gasteiger partial charge in [0.15, 0.2) is 5.82 Å². The lowest BCUT2D eigenvalue weighted by Crippen LogP contribution is -2.38. The number of rotatable bonds is 4. The van der Waals surface area contributed by atoms with Crippen molar-refractivity contribution in [1.82, 2.24) is 15.0 Å². The third kappa shape index (κ3) is 4.36. The van der Waals surface area contributed by atoms with Crippen molar-refractivity contribution in [2.24, 2.45) is 0 Å². The molecule has 2 heterocycles. The molecule has 0 amide bonds. The fraction of sp³-hybridized carbons (Fsp3) is 0.700. The van der Waals surface area contributed by atoms with Gasteiger partial charge in [-0.15, -0.1) is 11.6 Å². The second-order valence-electron chi connectivity index (χ2n) is 4.00. The lowest BCUT2D eigenvalue weighted by Gasteiger charge is -2.27. The van der Waals surface area contributed by atoms with Crippen molar-refractivity contribution in [2.45, 2.75) is 3.79 Å². The van der Waals surface area contributed by atoms with Crippen molar-refractivity contribution in [3.8, 4) is 0 Å². The van der Waals surface area contributed by atoms with E-state index in [1.54, 1.807) is 0 Å². The summed E-state index contributed by atoms with van der Waals surface area (Å²) in [6, 6.07) is 0. The standard InChI is InChI=1S/C10H13Cl4N5O/c11-1-2-15-8-16-7(10(12,13)14)17-9(18-8)19-3-5-20-6-4-19/h1-6H2,(H,15,16,17,18). The summed E-state index contributed by atoms with van der Waals surface area (Å²) in [7, 11) is 0. The van der Waals surface area contributed by atoms with Crippen LogP contribution in [-0.2, 0) is 8.53 Å². The highest BCUT2D eigenvalue weighted by Crippen LogP contribution is 2.36. The van der Waals surface area contributed by atoms with Crippen LogP contribution in [0.4, 0.5) is 11.9 Å². The predicted octanol–water partition coefficient (Wildman–Crippen LogP) is 2.19. The Kier molecular flexibility index (Phi) is 5.74. The summed E-state index contributed by atoms with van der Waals surface area (Å²) in [5.41, 5.74) is 0. The highest BCUT2D eigenvalue weighted by Gasteiger charge is 2.29. The van der Waals surface area contributed by atoms with Crippen LogP contribution in [0.3, 0.4) is 0 Å². The van der Waals surface area contributed by atoms with E-state index in [-0.39, 0.29) is 5.82 Å². The molecule has 0 saturated carbocycles. The summed E-state index contributed by atoms with van der Waals surface area (Å²) in [5, 5.41) is 2.96. The van der Waals surface area contributed by atoms with Crippen LogP contribution < -0.4 is 10.2 Å². The molecule has 20 heavy (non-hydrogen) atoms. The quantitative estimate of drug-likeness (QED) is 0.830. The van der Waals surface area contributed by atoms with Crippen LogP contribution in [0.2, 0.25) is 0 Å². The smallest absolute Gasteiger partial charge is 0.250 e. The monoisotopic (exact) mass is 359 g/mol. The average molecular weight is 361 g/mol. The maximum absolute atomic E-state index is 5.86. The number of alkyl halides is 4. The Morgan fingerprint density at radius 1 is 1.15 bits per heavy atom. The van der Waals surface area contributed by atoms with Crippen molar-refractivity contribution in [2.75, 3.05) is 48.9 Å². The molecule has 0 radical (unpaired) electrons. The molecular formula is C10H13Cl4N5O. The predicted molar refractivity (Wildman–Crippen MR) is 81.3 cm³/mol. The molecule has 0 aromatic carbocycles. The SMILES string of the molecule is ClCCNc1nc(N2CCOCC2)nc(C(Cl)(Cl)Cl)n1. The van der Waals surface area contributed by atoms with E-state index in [9.17, 15) is 0 Å². The lowest BCUT2D eigenvalue weighted by atomic mass is 10.4. The van der Waals surface area contributed by atoms with Crippen molar-refractivity contribution in [1.29, 1.82) is 0 Å². The van der Waals surface area contributed by atoms with Gasteiger partial charge in [-0.3, -0.25) is 0 Å². The molecule has 1 aromatic heterocycles. The molecule has 1 fully saturated rings. The Bertz CT molecular complexity index is 450. The zero-order chi connectivity index (χ0) is 14.6. The first-order valence-electron chi connectivity index (χ1n) is 5.96. The van der Waals surface area contributed by atoms with Gasteiger partial charge in [0.2, 0.25) is 15.7 Å². The Hall–Kier alpha value is -0.270. The Morgan fingerprint density at radius 3 is 2.45 bits per heavy atom. The number of halogens is 4. The van der Waals surface area contributed by atoms with Crippen LogP contribution in [-0.4, -0.2) is 53.7 Å². The van der Waals surface area contributed by atoms with E-state index in [4.69, 9.17) is 51.1 Å². The van der Waals surface area contributed by atoms with Crippen molar-refractivity contribution in [3.63, 3.8) is 0 Å². The van der Waals surface area contributed by atoms with E-state index < -0.39 is 3.79 Å². The van der Waals surface area contributed by atoms with E-state index in [0.29, 0.717) is 50.6 Å². The number of hydrogen-bond donors (Lipinski definition) is 1. The number of nitrogens with one attached hydrogen (secondary N) is 1. The van der Waals surface area contributed by atoms with Crippen molar-refractivity contribution < 1.29 is 4.74 Å². The molecule has 1 N–H and O–H groups in total. The molecule has 1 saturated heterocycles. The van der Waals surface area contributed by atoms with Gasteiger partial charge in [-0.1, -0.05) is 34.8 Å². The first kappa shape index (κ1) is 16.1. The molecule has 0 aliphatic carbocycles. The number of morpholine rings is 1. The van der Waals surface area contributed by atoms with Gasteiger partial charge in [0.1, 0.15) is 0 Å². The largest absolute Gasteiger partial charge is 0.378 e. The first-order chi connectivity index (χ1) is 9.50. The van der Waals surface area contributed by atoms with E-state index in [1.807, 2.05) is 4.90 Å². The average Bonchev–Trinajstić information content (AvgIpc) is 2.45. The van der Waals surface area contributed by atoms with Gasteiger partial charge in [-0.05, 0) is 0 Å². The molecule has 0 bridgehead atoms. The maximum atomic E-state index is 5.86. The van der Waals surface area contributed by atoms with Crippen LogP contribution in [0.5, 0.6) is 0 Å². The van der Waals surface area contributed by atoms with Gasteiger partial charge in [0.25, 0.3) is 0 Å². The van der Waals surface area contributed by atoms with Gasteiger partial charge in [0.05, 0.1) is 13.2 Å². The lowest BCUT2D eigenvalue weighted by molar-refractivity contribution is 0.122. The van der Waals surface area contributed by atoms with E-state index >= 15 is 0 Å². The third-order valence-corrected chi connectivity index (χ3v) is 3.24. The van der Waals surface area contributed by atoms with E-state index in [1.165, 1.54) is 0 Å². The summed E-state index contributed by atoms with van der Waals surface area (Å²) >= 11 is 23.2. The van der Waals surface area contributed by atoms with Gasteiger partial charge in [0, 0.05) is 25.5 Å². The molecule has 0 atom stereocenters. The minimum Gasteiger partial charge on any atom is -0.378 e. The van der Waals surface area contributed by atoms with Crippen LogP contribution in [0.1, 0.15) is 5.82 Å².